The molecule has 0 atom stereocenters. The zero-order valence-electron chi connectivity index (χ0n) is 10.1. The average molecular weight is 236 g/mol. The molecule has 3 heteroatoms. The molecule has 0 fully saturated rings. The van der Waals surface area contributed by atoms with Gasteiger partial charge in [0, 0.05) is 17.3 Å². The number of hydrogen-bond donors (Lipinski definition) is 0. The van der Waals surface area contributed by atoms with Crippen LogP contribution in [-0.2, 0) is 11.2 Å². The molecule has 2 aromatic rings. The van der Waals surface area contributed by atoms with E-state index in [1.54, 1.807) is 6.20 Å². The third kappa shape index (κ3) is 1.84. The van der Waals surface area contributed by atoms with Gasteiger partial charge in [0.25, 0.3) is 0 Å². The summed E-state index contributed by atoms with van der Waals surface area (Å²) in [5.41, 5.74) is 3.47. The number of benzene rings is 1. The van der Waals surface area contributed by atoms with E-state index in [4.69, 9.17) is 0 Å². The van der Waals surface area contributed by atoms with Gasteiger partial charge in [0.15, 0.2) is 5.78 Å². The van der Waals surface area contributed by atoms with Crippen LogP contribution in [-0.4, -0.2) is 15.8 Å². The molecule has 0 bridgehead atoms. The van der Waals surface area contributed by atoms with Crippen molar-refractivity contribution in [1.29, 1.82) is 0 Å². The lowest BCUT2D eigenvalue weighted by Gasteiger charge is -2.14. The van der Waals surface area contributed by atoms with Crippen molar-refractivity contribution in [2.75, 3.05) is 0 Å². The topological polar surface area (TPSA) is 42.9 Å². The van der Waals surface area contributed by atoms with Crippen molar-refractivity contribution < 1.29 is 4.79 Å². The van der Waals surface area contributed by atoms with Crippen LogP contribution in [0.3, 0.4) is 0 Å². The standard InChI is InChI=1S/C15H12N2O/c1-10-16-9-12-7-13(11-5-3-2-4-6-11)15(18)8-14(12)17-10/h2-7,9H,8H2,1H3. The molecule has 1 aromatic heterocycles. The molecule has 0 aliphatic heterocycles. The number of fused-ring (bicyclic) bond motifs is 1. The maximum Gasteiger partial charge on any atom is 0.169 e. The third-order valence-corrected chi connectivity index (χ3v) is 3.03. The molecule has 3 rings (SSSR count). The lowest BCUT2D eigenvalue weighted by Crippen LogP contribution is -2.14. The lowest BCUT2D eigenvalue weighted by atomic mass is 9.91. The van der Waals surface area contributed by atoms with E-state index >= 15 is 0 Å². The van der Waals surface area contributed by atoms with Crippen LogP contribution in [0, 0.1) is 6.92 Å². The maximum absolute atomic E-state index is 12.1. The van der Waals surface area contributed by atoms with Crippen LogP contribution in [0.1, 0.15) is 22.6 Å². The minimum absolute atomic E-state index is 0.117. The second kappa shape index (κ2) is 4.18. The first kappa shape index (κ1) is 10.8. The molecule has 1 aliphatic rings. The van der Waals surface area contributed by atoms with Crippen LogP contribution in [0.5, 0.6) is 0 Å². The Hall–Kier alpha value is -2.29. The monoisotopic (exact) mass is 236 g/mol. The number of aryl methyl sites for hydroxylation is 1. The Bertz CT molecular complexity index is 645. The normalized spacial score (nSPS) is 14.1. The number of hydrogen-bond acceptors (Lipinski definition) is 3. The second-order valence-electron chi connectivity index (χ2n) is 4.34. The van der Waals surface area contributed by atoms with Crippen LogP contribution in [0.15, 0.2) is 36.5 Å². The summed E-state index contributed by atoms with van der Waals surface area (Å²) in [6.07, 6.45) is 4.03. The molecule has 1 aliphatic carbocycles. The van der Waals surface area contributed by atoms with Gasteiger partial charge in [0.1, 0.15) is 5.82 Å². The van der Waals surface area contributed by atoms with Crippen LogP contribution >= 0.6 is 0 Å². The van der Waals surface area contributed by atoms with Crippen LogP contribution in [0.25, 0.3) is 11.6 Å². The summed E-state index contributed by atoms with van der Waals surface area (Å²) < 4.78 is 0. The van der Waals surface area contributed by atoms with Gasteiger partial charge in [-0.2, -0.15) is 0 Å². The Kier molecular flexibility index (Phi) is 2.52. The third-order valence-electron chi connectivity index (χ3n) is 3.03. The molecule has 0 saturated heterocycles. The van der Waals surface area contributed by atoms with Gasteiger partial charge in [-0.05, 0) is 18.6 Å². The number of carbonyl (C=O) groups is 1. The van der Waals surface area contributed by atoms with Crippen molar-refractivity contribution >= 4 is 17.4 Å². The van der Waals surface area contributed by atoms with Crippen molar-refractivity contribution in [3.63, 3.8) is 0 Å². The predicted octanol–water partition coefficient (Wildman–Crippen LogP) is 2.45. The molecule has 0 amide bonds. The fraction of sp³-hybridized carbons (Fsp3) is 0.133. The predicted molar refractivity (Wildman–Crippen MR) is 69.8 cm³/mol. The van der Waals surface area contributed by atoms with Crippen LogP contribution in [0.2, 0.25) is 0 Å². The molecule has 1 heterocycles. The summed E-state index contributed by atoms with van der Waals surface area (Å²) in [6.45, 7) is 1.83. The summed E-state index contributed by atoms with van der Waals surface area (Å²) in [5.74, 6) is 0.824. The van der Waals surface area contributed by atoms with Gasteiger partial charge in [0.2, 0.25) is 0 Å². The largest absolute Gasteiger partial charge is 0.294 e. The van der Waals surface area contributed by atoms with E-state index in [-0.39, 0.29) is 5.78 Å². The fourth-order valence-electron chi connectivity index (χ4n) is 2.13. The summed E-state index contributed by atoms with van der Waals surface area (Å²) in [4.78, 5) is 20.6. The number of allylic oxidation sites excluding steroid dienone is 1. The average Bonchev–Trinajstić information content (AvgIpc) is 2.39. The number of rotatable bonds is 1. The Morgan fingerprint density at radius 3 is 2.72 bits per heavy atom. The molecule has 0 saturated carbocycles. The summed E-state index contributed by atoms with van der Waals surface area (Å²) in [5, 5.41) is 0. The first-order chi connectivity index (χ1) is 8.74. The van der Waals surface area contributed by atoms with E-state index in [1.807, 2.05) is 43.3 Å². The molecule has 0 spiro atoms. The summed E-state index contributed by atoms with van der Waals surface area (Å²) in [6, 6.07) is 9.71. The molecule has 18 heavy (non-hydrogen) atoms. The van der Waals surface area contributed by atoms with Crippen molar-refractivity contribution in [1.82, 2.24) is 9.97 Å². The number of nitrogens with zero attached hydrogens (tertiary/aromatic N) is 2. The smallest absolute Gasteiger partial charge is 0.169 e. The second-order valence-corrected chi connectivity index (χ2v) is 4.34. The first-order valence-electron chi connectivity index (χ1n) is 5.87. The van der Waals surface area contributed by atoms with Gasteiger partial charge < -0.3 is 0 Å². The Labute approximate surface area is 105 Å². The Morgan fingerprint density at radius 1 is 1.17 bits per heavy atom. The molecule has 1 aromatic carbocycles. The molecule has 0 unspecified atom stereocenters. The Morgan fingerprint density at radius 2 is 1.94 bits per heavy atom. The van der Waals surface area contributed by atoms with Crippen molar-refractivity contribution in [3.05, 3.63) is 59.2 Å². The molecule has 0 N–H and O–H groups in total. The van der Waals surface area contributed by atoms with Crippen LogP contribution in [0.4, 0.5) is 0 Å². The van der Waals surface area contributed by atoms with Gasteiger partial charge in [-0.3, -0.25) is 4.79 Å². The quantitative estimate of drug-likeness (QED) is 0.763. The van der Waals surface area contributed by atoms with Gasteiger partial charge in [-0.25, -0.2) is 9.97 Å². The molecule has 88 valence electrons. The maximum atomic E-state index is 12.1. The minimum atomic E-state index is 0.117. The van der Waals surface area contributed by atoms with Gasteiger partial charge in [0.05, 0.1) is 12.1 Å². The van der Waals surface area contributed by atoms with E-state index in [1.165, 1.54) is 0 Å². The SMILES string of the molecule is Cc1ncc2c(n1)CC(=O)C(c1ccccc1)=C2. The summed E-state index contributed by atoms with van der Waals surface area (Å²) in [7, 11) is 0. The molecule has 3 nitrogen and oxygen atoms in total. The number of carbonyl (C=O) groups excluding carboxylic acids is 1. The van der Waals surface area contributed by atoms with Crippen molar-refractivity contribution in [2.45, 2.75) is 13.3 Å². The van der Waals surface area contributed by atoms with Crippen LogP contribution < -0.4 is 0 Å². The highest BCUT2D eigenvalue weighted by Crippen LogP contribution is 2.26. The van der Waals surface area contributed by atoms with Gasteiger partial charge in [-0.15, -0.1) is 0 Å². The first-order valence-corrected chi connectivity index (χ1v) is 5.87. The van der Waals surface area contributed by atoms with Crippen molar-refractivity contribution in [3.8, 4) is 0 Å². The number of ketones is 1. The van der Waals surface area contributed by atoms with E-state index in [9.17, 15) is 4.79 Å². The highest BCUT2D eigenvalue weighted by atomic mass is 16.1. The summed E-state index contributed by atoms with van der Waals surface area (Å²) >= 11 is 0. The highest BCUT2D eigenvalue weighted by Gasteiger charge is 2.20. The number of Topliss-reactive ketones (excluding diaryl/α,β-unsaturated/α-hetero) is 1. The lowest BCUT2D eigenvalue weighted by molar-refractivity contribution is -0.113. The number of aromatic nitrogens is 2. The molecule has 0 radical (unpaired) electrons. The van der Waals surface area contributed by atoms with E-state index < -0.39 is 0 Å². The molecular weight excluding hydrogens is 224 g/mol. The zero-order valence-corrected chi connectivity index (χ0v) is 10.1. The highest BCUT2D eigenvalue weighted by molar-refractivity contribution is 6.27. The van der Waals surface area contributed by atoms with E-state index in [0.29, 0.717) is 12.2 Å². The Balaban J connectivity index is 2.12. The fourth-order valence-corrected chi connectivity index (χ4v) is 2.13. The zero-order chi connectivity index (χ0) is 12.5. The van der Waals surface area contributed by atoms with E-state index in [2.05, 4.69) is 9.97 Å². The van der Waals surface area contributed by atoms with E-state index in [0.717, 1.165) is 22.4 Å². The minimum Gasteiger partial charge on any atom is -0.294 e. The van der Waals surface area contributed by atoms with Gasteiger partial charge in [-0.1, -0.05) is 30.3 Å². The van der Waals surface area contributed by atoms with Crippen molar-refractivity contribution in [2.24, 2.45) is 0 Å². The molecular formula is C15H12N2O. The van der Waals surface area contributed by atoms with Gasteiger partial charge >= 0.3 is 0 Å².